The number of sulfonamides is 1. The molecular weight excluding hydrogens is 376 g/mol. The number of halogens is 1. The van der Waals surface area contributed by atoms with Crippen LogP contribution in [0.2, 0.25) is 5.02 Å². The minimum absolute atomic E-state index is 0.0511. The van der Waals surface area contributed by atoms with E-state index in [2.05, 4.69) is 5.32 Å². The van der Waals surface area contributed by atoms with Crippen molar-refractivity contribution in [2.75, 3.05) is 28.6 Å². The average molecular weight is 395 g/mol. The molecule has 10 heteroatoms. The summed E-state index contributed by atoms with van der Waals surface area (Å²) in [5, 5.41) is 3.03. The Bertz CT molecular complexity index is 823. The number of sulfone groups is 1. The largest absolute Gasteiger partial charge is 0.352 e. The molecule has 24 heavy (non-hydrogen) atoms. The molecule has 0 saturated carbocycles. The summed E-state index contributed by atoms with van der Waals surface area (Å²) < 4.78 is 47.8. The molecule has 1 N–H and O–H groups in total. The maximum Gasteiger partial charge on any atom is 0.232 e. The number of hydrogen-bond acceptors (Lipinski definition) is 5. The second-order valence-electron chi connectivity index (χ2n) is 5.73. The van der Waals surface area contributed by atoms with E-state index in [0.29, 0.717) is 17.1 Å². The van der Waals surface area contributed by atoms with Crippen LogP contribution in [0.15, 0.2) is 24.3 Å². The van der Waals surface area contributed by atoms with Gasteiger partial charge in [-0.15, -0.1) is 0 Å². The first-order chi connectivity index (χ1) is 11.1. The van der Waals surface area contributed by atoms with Crippen molar-refractivity contribution < 1.29 is 21.6 Å². The summed E-state index contributed by atoms with van der Waals surface area (Å²) in [4.78, 5) is 12.0. The van der Waals surface area contributed by atoms with Gasteiger partial charge in [-0.25, -0.2) is 16.8 Å². The normalized spacial score (nSPS) is 19.8. The summed E-state index contributed by atoms with van der Waals surface area (Å²) in [5.74, 6) is -0.383. The molecule has 0 bridgehead atoms. The molecule has 1 aromatic rings. The fourth-order valence-corrected chi connectivity index (χ4v) is 5.31. The second-order valence-corrected chi connectivity index (χ2v) is 10.3. The van der Waals surface area contributed by atoms with Crippen LogP contribution in [0.25, 0.3) is 0 Å². The highest BCUT2D eigenvalue weighted by Gasteiger charge is 2.29. The van der Waals surface area contributed by atoms with E-state index in [1.165, 1.54) is 6.07 Å². The third-order valence-electron chi connectivity index (χ3n) is 3.64. The third-order valence-corrected chi connectivity index (χ3v) is 6.83. The summed E-state index contributed by atoms with van der Waals surface area (Å²) in [6, 6.07) is 5.94. The Kier molecular flexibility index (Phi) is 5.77. The van der Waals surface area contributed by atoms with E-state index in [4.69, 9.17) is 11.6 Å². The lowest BCUT2D eigenvalue weighted by Gasteiger charge is -2.22. The van der Waals surface area contributed by atoms with Crippen LogP contribution in [0.5, 0.6) is 0 Å². The van der Waals surface area contributed by atoms with Crippen LogP contribution >= 0.6 is 11.6 Å². The van der Waals surface area contributed by atoms with Gasteiger partial charge in [0.1, 0.15) is 0 Å². The van der Waals surface area contributed by atoms with E-state index in [1.807, 2.05) is 0 Å². The Morgan fingerprint density at radius 3 is 2.67 bits per heavy atom. The zero-order chi connectivity index (χ0) is 18.0. The van der Waals surface area contributed by atoms with Crippen LogP contribution in [0.4, 0.5) is 5.69 Å². The molecule has 0 aromatic heterocycles. The lowest BCUT2D eigenvalue weighted by atomic mass is 10.2. The standard InChI is InChI=1S/C14H19ClN2O5S2/c1-23(19,20)17(13-4-2-3-11(15)9-13)7-5-14(18)16-12-6-8-24(21,22)10-12/h2-4,9,12H,5-8,10H2,1H3,(H,16,18). The summed E-state index contributed by atoms with van der Waals surface area (Å²) in [5.41, 5.74) is 0.376. The zero-order valence-electron chi connectivity index (χ0n) is 13.1. The molecule has 1 amide bonds. The molecule has 1 heterocycles. The van der Waals surface area contributed by atoms with E-state index in [0.717, 1.165) is 10.6 Å². The Hall–Kier alpha value is -1.32. The van der Waals surface area contributed by atoms with Crippen LogP contribution in [-0.4, -0.2) is 53.1 Å². The SMILES string of the molecule is CS(=O)(=O)N(CCC(=O)NC1CCS(=O)(=O)C1)c1cccc(Cl)c1. The number of carbonyl (C=O) groups is 1. The first kappa shape index (κ1) is 19.0. The van der Waals surface area contributed by atoms with E-state index >= 15 is 0 Å². The number of benzene rings is 1. The van der Waals surface area contributed by atoms with Gasteiger partial charge in [0, 0.05) is 24.0 Å². The highest BCUT2D eigenvalue weighted by molar-refractivity contribution is 7.92. The van der Waals surface area contributed by atoms with Crippen molar-refractivity contribution in [3.8, 4) is 0 Å². The molecule has 7 nitrogen and oxygen atoms in total. The predicted octanol–water partition coefficient (Wildman–Crippen LogP) is 0.799. The first-order valence-electron chi connectivity index (χ1n) is 7.30. The molecule has 1 atom stereocenters. The van der Waals surface area contributed by atoms with Crippen molar-refractivity contribution >= 4 is 43.1 Å². The molecule has 1 fully saturated rings. The van der Waals surface area contributed by atoms with Crippen molar-refractivity contribution in [3.63, 3.8) is 0 Å². The summed E-state index contributed by atoms with van der Waals surface area (Å²) in [6.45, 7) is -0.0511. The van der Waals surface area contributed by atoms with Crippen LogP contribution in [0.3, 0.4) is 0 Å². The molecule has 1 aliphatic rings. The zero-order valence-corrected chi connectivity index (χ0v) is 15.5. The summed E-state index contributed by atoms with van der Waals surface area (Å²) in [6.07, 6.45) is 1.36. The maximum absolute atomic E-state index is 12.0. The van der Waals surface area contributed by atoms with Crippen molar-refractivity contribution in [2.45, 2.75) is 18.9 Å². The summed E-state index contributed by atoms with van der Waals surface area (Å²) in [7, 11) is -6.66. The fraction of sp³-hybridized carbons (Fsp3) is 0.500. The van der Waals surface area contributed by atoms with Crippen molar-refractivity contribution in [2.24, 2.45) is 0 Å². The molecular formula is C14H19ClN2O5S2. The Morgan fingerprint density at radius 1 is 1.42 bits per heavy atom. The quantitative estimate of drug-likeness (QED) is 0.769. The highest BCUT2D eigenvalue weighted by Crippen LogP contribution is 2.22. The number of rotatable bonds is 6. The number of anilines is 1. The van der Waals surface area contributed by atoms with Crippen molar-refractivity contribution in [1.82, 2.24) is 5.32 Å². The van der Waals surface area contributed by atoms with Gasteiger partial charge in [-0.05, 0) is 24.6 Å². The molecule has 134 valence electrons. The van der Waals surface area contributed by atoms with Gasteiger partial charge in [-0.2, -0.15) is 0 Å². The molecule has 0 spiro atoms. The van der Waals surface area contributed by atoms with Gasteiger partial charge in [0.25, 0.3) is 0 Å². The molecule has 1 unspecified atom stereocenters. The maximum atomic E-state index is 12.0. The molecule has 2 rings (SSSR count). The van der Waals surface area contributed by atoms with Gasteiger partial charge in [0.2, 0.25) is 15.9 Å². The molecule has 1 saturated heterocycles. The van der Waals surface area contributed by atoms with Gasteiger partial charge in [-0.1, -0.05) is 17.7 Å². The Morgan fingerprint density at radius 2 is 2.12 bits per heavy atom. The monoisotopic (exact) mass is 394 g/mol. The topological polar surface area (TPSA) is 101 Å². The number of hydrogen-bond donors (Lipinski definition) is 1. The van der Waals surface area contributed by atoms with Crippen molar-refractivity contribution in [3.05, 3.63) is 29.3 Å². The highest BCUT2D eigenvalue weighted by atomic mass is 35.5. The summed E-state index contributed by atoms with van der Waals surface area (Å²) >= 11 is 5.88. The number of carbonyl (C=O) groups excluding carboxylic acids is 1. The lowest BCUT2D eigenvalue weighted by Crippen LogP contribution is -2.39. The van der Waals surface area contributed by atoms with Gasteiger partial charge in [-0.3, -0.25) is 9.10 Å². The second kappa shape index (κ2) is 7.28. The van der Waals surface area contributed by atoms with Gasteiger partial charge >= 0.3 is 0 Å². The van der Waals surface area contributed by atoms with E-state index in [-0.39, 0.29) is 30.4 Å². The molecule has 1 aromatic carbocycles. The van der Waals surface area contributed by atoms with Crippen LogP contribution < -0.4 is 9.62 Å². The Labute approximate surface area is 147 Å². The third kappa shape index (κ3) is 5.35. The molecule has 0 aliphatic carbocycles. The Balaban J connectivity index is 2.00. The van der Waals surface area contributed by atoms with Gasteiger partial charge in [0.15, 0.2) is 9.84 Å². The predicted molar refractivity (Wildman–Crippen MR) is 93.5 cm³/mol. The molecule has 1 aliphatic heterocycles. The number of nitrogens with zero attached hydrogens (tertiary/aromatic N) is 1. The van der Waals surface area contributed by atoms with E-state index < -0.39 is 25.9 Å². The fourth-order valence-electron chi connectivity index (χ4n) is 2.53. The first-order valence-corrected chi connectivity index (χ1v) is 11.3. The number of nitrogens with one attached hydrogen (secondary N) is 1. The average Bonchev–Trinajstić information content (AvgIpc) is 2.76. The van der Waals surface area contributed by atoms with Crippen LogP contribution in [-0.2, 0) is 24.7 Å². The van der Waals surface area contributed by atoms with Crippen molar-refractivity contribution in [1.29, 1.82) is 0 Å². The van der Waals surface area contributed by atoms with E-state index in [9.17, 15) is 21.6 Å². The van der Waals surface area contributed by atoms with Gasteiger partial charge < -0.3 is 5.32 Å². The molecule has 0 radical (unpaired) electrons. The lowest BCUT2D eigenvalue weighted by molar-refractivity contribution is -0.121. The smallest absolute Gasteiger partial charge is 0.232 e. The van der Waals surface area contributed by atoms with E-state index in [1.54, 1.807) is 18.2 Å². The minimum Gasteiger partial charge on any atom is -0.352 e. The van der Waals surface area contributed by atoms with Crippen LogP contribution in [0.1, 0.15) is 12.8 Å². The van der Waals surface area contributed by atoms with Gasteiger partial charge in [0.05, 0.1) is 23.4 Å². The number of amides is 1. The minimum atomic E-state index is -3.58. The van der Waals surface area contributed by atoms with Crippen LogP contribution in [0, 0.1) is 0 Å².